The van der Waals surface area contributed by atoms with Gasteiger partial charge in [-0.15, -0.1) is 0 Å². The Kier molecular flexibility index (Phi) is 6.53. The number of halogens is 1. The summed E-state index contributed by atoms with van der Waals surface area (Å²) in [6, 6.07) is 7.52. The maximum Gasteiger partial charge on any atom is 0.337 e. The summed E-state index contributed by atoms with van der Waals surface area (Å²) < 4.78 is 37.2. The summed E-state index contributed by atoms with van der Waals surface area (Å²) in [7, 11) is 1.30. The van der Waals surface area contributed by atoms with E-state index >= 15 is 0 Å². The average molecular weight is 487 g/mol. The van der Waals surface area contributed by atoms with Crippen molar-refractivity contribution in [2.45, 2.75) is 43.0 Å². The van der Waals surface area contributed by atoms with Gasteiger partial charge in [-0.05, 0) is 43.2 Å². The van der Waals surface area contributed by atoms with Crippen LogP contribution in [0.25, 0.3) is 10.9 Å². The summed E-state index contributed by atoms with van der Waals surface area (Å²) in [6.45, 7) is 1.41. The Bertz CT molecular complexity index is 1300. The third-order valence-electron chi connectivity index (χ3n) is 5.86. The number of nitrogens with zero attached hydrogens (tertiary/aromatic N) is 2. The van der Waals surface area contributed by atoms with Crippen LogP contribution >= 0.6 is 11.8 Å². The van der Waals surface area contributed by atoms with Crippen LogP contribution in [0.3, 0.4) is 0 Å². The number of ether oxygens (including phenoxy) is 4. The van der Waals surface area contributed by atoms with E-state index in [4.69, 9.17) is 23.9 Å². The van der Waals surface area contributed by atoms with Crippen LogP contribution in [-0.2, 0) is 33.1 Å². The number of esters is 1. The monoisotopic (exact) mass is 486 g/mol. The predicted molar refractivity (Wildman–Crippen MR) is 123 cm³/mol. The maximum absolute atomic E-state index is 14.2. The number of carbonyl (C=O) groups excluding carboxylic acids is 1. The van der Waals surface area contributed by atoms with Crippen molar-refractivity contribution in [3.8, 4) is 5.75 Å². The van der Waals surface area contributed by atoms with Gasteiger partial charge in [0.1, 0.15) is 11.6 Å². The fourth-order valence-electron chi connectivity index (χ4n) is 4.21. The van der Waals surface area contributed by atoms with Crippen molar-refractivity contribution in [3.05, 3.63) is 63.2 Å². The Morgan fingerprint density at radius 3 is 3.00 bits per heavy atom. The number of benzene rings is 2. The molecule has 3 heterocycles. The molecular formula is C24H23FN2O6S. The molecule has 178 valence electrons. The van der Waals surface area contributed by atoms with Gasteiger partial charge in [0.25, 0.3) is 5.56 Å². The molecule has 1 unspecified atom stereocenters. The van der Waals surface area contributed by atoms with E-state index < -0.39 is 5.97 Å². The molecule has 1 atom stereocenters. The lowest BCUT2D eigenvalue weighted by Crippen LogP contribution is -2.29. The molecule has 1 aromatic heterocycles. The number of aromatic nitrogens is 2. The van der Waals surface area contributed by atoms with Crippen LogP contribution < -0.4 is 10.3 Å². The summed E-state index contributed by atoms with van der Waals surface area (Å²) in [4.78, 5) is 30.1. The standard InChI is InChI=1S/C24H23FN2O6S/c1-30-23(29)14-4-5-19-20(9-14)26-24(27(22(19)28)10-18-3-2-6-32-18)34-12-16-8-17(25)7-15-11-31-13-33-21(15)16/h4-5,7-9,18H,2-3,6,10-13H2,1H3. The molecule has 0 aliphatic carbocycles. The normalized spacial score (nSPS) is 17.4. The molecule has 0 N–H and O–H groups in total. The maximum atomic E-state index is 14.2. The minimum atomic E-state index is -0.507. The van der Waals surface area contributed by atoms with E-state index in [1.165, 1.54) is 31.0 Å². The van der Waals surface area contributed by atoms with Gasteiger partial charge in [-0.1, -0.05) is 11.8 Å². The zero-order valence-electron chi connectivity index (χ0n) is 18.5. The van der Waals surface area contributed by atoms with E-state index in [0.29, 0.717) is 57.4 Å². The Labute approximate surface area is 199 Å². The minimum Gasteiger partial charge on any atom is -0.467 e. The van der Waals surface area contributed by atoms with E-state index in [1.807, 2.05) is 0 Å². The van der Waals surface area contributed by atoms with Crippen molar-refractivity contribution in [1.29, 1.82) is 0 Å². The SMILES string of the molecule is COC(=O)c1ccc2c(=O)n(CC3CCCO3)c(SCc3cc(F)cc4c3OCOC4)nc2c1. The van der Waals surface area contributed by atoms with Gasteiger partial charge in [0.2, 0.25) is 0 Å². The highest BCUT2D eigenvalue weighted by molar-refractivity contribution is 7.98. The summed E-state index contributed by atoms with van der Waals surface area (Å²) in [5.74, 6) is 0.0452. The fraction of sp³-hybridized carbons (Fsp3) is 0.375. The fourth-order valence-corrected chi connectivity index (χ4v) is 5.19. The Hall–Kier alpha value is -2.95. The molecule has 0 spiro atoms. The van der Waals surface area contributed by atoms with Crippen molar-refractivity contribution in [1.82, 2.24) is 9.55 Å². The van der Waals surface area contributed by atoms with Gasteiger partial charge in [0, 0.05) is 23.5 Å². The topological polar surface area (TPSA) is 88.9 Å². The van der Waals surface area contributed by atoms with E-state index in [0.717, 1.165) is 12.8 Å². The number of methoxy groups -OCH3 is 1. The summed E-state index contributed by atoms with van der Waals surface area (Å²) in [5.41, 5.74) is 1.79. The highest BCUT2D eigenvalue weighted by Crippen LogP contribution is 2.34. The van der Waals surface area contributed by atoms with Crippen molar-refractivity contribution in [3.63, 3.8) is 0 Å². The zero-order chi connectivity index (χ0) is 23.7. The summed E-state index contributed by atoms with van der Waals surface area (Å²) in [5, 5.41) is 0.860. The van der Waals surface area contributed by atoms with Gasteiger partial charge in [0.15, 0.2) is 11.9 Å². The number of hydrogen-bond donors (Lipinski definition) is 0. The van der Waals surface area contributed by atoms with Gasteiger partial charge in [-0.25, -0.2) is 14.2 Å². The van der Waals surface area contributed by atoms with Gasteiger partial charge >= 0.3 is 5.97 Å². The second kappa shape index (κ2) is 9.73. The third kappa shape index (κ3) is 4.53. The molecule has 2 aliphatic rings. The van der Waals surface area contributed by atoms with E-state index in [1.54, 1.807) is 22.8 Å². The zero-order valence-corrected chi connectivity index (χ0v) is 19.4. The molecule has 34 heavy (non-hydrogen) atoms. The lowest BCUT2D eigenvalue weighted by molar-refractivity contribution is -0.0171. The summed E-state index contributed by atoms with van der Waals surface area (Å²) in [6.07, 6.45) is 1.73. The Morgan fingerprint density at radius 1 is 1.32 bits per heavy atom. The van der Waals surface area contributed by atoms with Crippen LogP contribution in [0.15, 0.2) is 40.3 Å². The number of fused-ring (bicyclic) bond motifs is 2. The van der Waals surface area contributed by atoms with Crippen LogP contribution in [-0.4, -0.2) is 42.1 Å². The molecule has 8 nitrogen and oxygen atoms in total. The second-order valence-corrected chi connectivity index (χ2v) is 9.06. The first-order valence-electron chi connectivity index (χ1n) is 10.9. The number of thioether (sulfide) groups is 1. The molecule has 0 amide bonds. The van der Waals surface area contributed by atoms with Gasteiger partial charge < -0.3 is 18.9 Å². The molecule has 1 fully saturated rings. The van der Waals surface area contributed by atoms with Crippen LogP contribution in [0.5, 0.6) is 5.75 Å². The second-order valence-electron chi connectivity index (χ2n) is 8.12. The number of carbonyl (C=O) groups is 1. The predicted octanol–water partition coefficient (Wildman–Crippen LogP) is 3.66. The van der Waals surface area contributed by atoms with Gasteiger partial charge in [-0.2, -0.15) is 0 Å². The van der Waals surface area contributed by atoms with Crippen LogP contribution in [0.2, 0.25) is 0 Å². The quantitative estimate of drug-likeness (QED) is 0.296. The smallest absolute Gasteiger partial charge is 0.337 e. The van der Waals surface area contributed by atoms with E-state index in [-0.39, 0.29) is 30.9 Å². The molecule has 1 saturated heterocycles. The first-order chi connectivity index (χ1) is 16.5. The molecule has 10 heteroatoms. The van der Waals surface area contributed by atoms with Crippen LogP contribution in [0.4, 0.5) is 4.39 Å². The summed E-state index contributed by atoms with van der Waals surface area (Å²) >= 11 is 1.31. The number of rotatable bonds is 6. The van der Waals surface area contributed by atoms with Crippen molar-refractivity contribution < 1.29 is 28.1 Å². The molecule has 0 radical (unpaired) electrons. The average Bonchev–Trinajstić information content (AvgIpc) is 3.37. The van der Waals surface area contributed by atoms with E-state index in [9.17, 15) is 14.0 Å². The highest BCUT2D eigenvalue weighted by Gasteiger charge is 2.22. The minimum absolute atomic E-state index is 0.0759. The Balaban J connectivity index is 1.54. The molecule has 0 saturated carbocycles. The molecule has 2 aromatic carbocycles. The van der Waals surface area contributed by atoms with Crippen molar-refractivity contribution in [2.75, 3.05) is 20.5 Å². The van der Waals surface area contributed by atoms with E-state index in [2.05, 4.69) is 0 Å². The largest absolute Gasteiger partial charge is 0.467 e. The molecular weight excluding hydrogens is 463 g/mol. The number of hydrogen-bond acceptors (Lipinski definition) is 8. The third-order valence-corrected chi connectivity index (χ3v) is 6.89. The Morgan fingerprint density at radius 2 is 2.21 bits per heavy atom. The molecule has 3 aromatic rings. The van der Waals surface area contributed by atoms with Crippen molar-refractivity contribution in [2.24, 2.45) is 0 Å². The lowest BCUT2D eigenvalue weighted by Gasteiger charge is -2.21. The van der Waals surface area contributed by atoms with Crippen LogP contribution in [0.1, 0.15) is 34.3 Å². The van der Waals surface area contributed by atoms with Gasteiger partial charge in [0.05, 0.1) is 42.8 Å². The van der Waals surface area contributed by atoms with Crippen LogP contribution in [0, 0.1) is 5.82 Å². The molecule has 0 bridgehead atoms. The molecule has 2 aliphatic heterocycles. The highest BCUT2D eigenvalue weighted by atomic mass is 32.2. The first kappa shape index (κ1) is 22.8. The first-order valence-corrected chi connectivity index (χ1v) is 11.9. The van der Waals surface area contributed by atoms with Crippen molar-refractivity contribution >= 4 is 28.6 Å². The van der Waals surface area contributed by atoms with Gasteiger partial charge in [-0.3, -0.25) is 9.36 Å². The molecule has 5 rings (SSSR count). The lowest BCUT2D eigenvalue weighted by atomic mass is 10.1.